The van der Waals surface area contributed by atoms with Crippen LogP contribution in [0.2, 0.25) is 0 Å². The zero-order chi connectivity index (χ0) is 23.2. The van der Waals surface area contributed by atoms with Crippen LogP contribution in [0.3, 0.4) is 0 Å². The Balaban J connectivity index is 1.41. The molecule has 0 saturated heterocycles. The van der Waals surface area contributed by atoms with Crippen LogP contribution >= 0.6 is 11.8 Å². The van der Waals surface area contributed by atoms with Gasteiger partial charge in [-0.25, -0.2) is 9.37 Å². The van der Waals surface area contributed by atoms with E-state index in [2.05, 4.69) is 15.6 Å². The highest BCUT2D eigenvalue weighted by Gasteiger charge is 2.10. The molecule has 2 N–H and O–H groups in total. The summed E-state index contributed by atoms with van der Waals surface area (Å²) in [6, 6.07) is 20.0. The second-order valence-electron chi connectivity index (χ2n) is 7.18. The average molecular weight is 461 g/mol. The molecule has 8 heteroatoms. The Morgan fingerprint density at radius 3 is 2.52 bits per heavy atom. The van der Waals surface area contributed by atoms with Crippen LogP contribution in [0.5, 0.6) is 0 Å². The molecule has 0 aliphatic carbocycles. The minimum atomic E-state index is -0.471. The molecule has 0 fully saturated rings. The molecule has 4 aromatic rings. The van der Waals surface area contributed by atoms with Crippen molar-refractivity contribution >= 4 is 29.3 Å². The van der Waals surface area contributed by atoms with Gasteiger partial charge in [-0.05, 0) is 60.4 Å². The fourth-order valence-electron chi connectivity index (χ4n) is 3.31. The topological polar surface area (TPSA) is 76.0 Å². The molecule has 3 aromatic carbocycles. The summed E-state index contributed by atoms with van der Waals surface area (Å²) in [5, 5.41) is 6.49. The first kappa shape index (κ1) is 22.3. The number of rotatable bonds is 7. The Hall–Kier alpha value is -3.91. The SMILES string of the molecule is CSc1nccn1-c1cccc(C(=O)NCc2cccc(NC(=O)c3cccc(F)c3)c2)c1. The monoisotopic (exact) mass is 460 g/mol. The van der Waals surface area contributed by atoms with Gasteiger partial charge in [0.15, 0.2) is 5.16 Å². The smallest absolute Gasteiger partial charge is 0.255 e. The summed E-state index contributed by atoms with van der Waals surface area (Å²) in [4.78, 5) is 29.4. The van der Waals surface area contributed by atoms with E-state index in [0.717, 1.165) is 16.4 Å². The molecule has 0 bridgehead atoms. The summed E-state index contributed by atoms with van der Waals surface area (Å²) in [6.45, 7) is 0.286. The van der Waals surface area contributed by atoms with Crippen molar-refractivity contribution in [1.82, 2.24) is 14.9 Å². The van der Waals surface area contributed by atoms with Gasteiger partial charge in [0.2, 0.25) is 0 Å². The van der Waals surface area contributed by atoms with Gasteiger partial charge in [0.25, 0.3) is 11.8 Å². The molecule has 0 unspecified atom stereocenters. The van der Waals surface area contributed by atoms with Gasteiger partial charge in [0.1, 0.15) is 5.82 Å². The quantitative estimate of drug-likeness (QED) is 0.384. The van der Waals surface area contributed by atoms with E-state index in [4.69, 9.17) is 0 Å². The van der Waals surface area contributed by atoms with Gasteiger partial charge in [-0.1, -0.05) is 36.0 Å². The number of thioether (sulfide) groups is 1. The number of hydrogen-bond acceptors (Lipinski definition) is 4. The molecule has 33 heavy (non-hydrogen) atoms. The molecule has 1 heterocycles. The highest BCUT2D eigenvalue weighted by molar-refractivity contribution is 7.98. The van der Waals surface area contributed by atoms with Gasteiger partial charge < -0.3 is 10.6 Å². The van der Waals surface area contributed by atoms with E-state index in [1.54, 1.807) is 36.5 Å². The van der Waals surface area contributed by atoms with Crippen LogP contribution in [-0.2, 0) is 6.54 Å². The van der Waals surface area contributed by atoms with Gasteiger partial charge in [-0.2, -0.15) is 0 Å². The minimum absolute atomic E-state index is 0.211. The third kappa shape index (κ3) is 5.48. The van der Waals surface area contributed by atoms with Crippen molar-refractivity contribution in [3.8, 4) is 5.69 Å². The van der Waals surface area contributed by atoms with E-state index < -0.39 is 11.7 Å². The molecule has 0 spiro atoms. The summed E-state index contributed by atoms with van der Waals surface area (Å²) >= 11 is 1.53. The lowest BCUT2D eigenvalue weighted by Gasteiger charge is -2.10. The van der Waals surface area contributed by atoms with E-state index in [1.807, 2.05) is 41.3 Å². The highest BCUT2D eigenvalue weighted by atomic mass is 32.2. The van der Waals surface area contributed by atoms with Crippen LogP contribution in [0, 0.1) is 5.82 Å². The number of hydrogen-bond donors (Lipinski definition) is 2. The standard InChI is InChI=1S/C25H21FN4O2S/c1-33-25-27-11-12-30(25)22-10-4-7-19(15-22)23(31)28-16-17-5-2-9-21(13-17)29-24(32)18-6-3-8-20(26)14-18/h2-15H,16H2,1H3,(H,28,31)(H,29,32). The maximum Gasteiger partial charge on any atom is 0.255 e. The van der Waals surface area contributed by atoms with E-state index in [9.17, 15) is 14.0 Å². The predicted octanol–water partition coefficient (Wildman–Crippen LogP) is 4.92. The fourth-order valence-corrected chi connectivity index (χ4v) is 3.84. The number of benzene rings is 3. The van der Waals surface area contributed by atoms with Crippen molar-refractivity contribution < 1.29 is 14.0 Å². The van der Waals surface area contributed by atoms with E-state index in [-0.39, 0.29) is 18.0 Å². The van der Waals surface area contributed by atoms with E-state index in [0.29, 0.717) is 11.3 Å². The number of nitrogens with zero attached hydrogens (tertiary/aromatic N) is 2. The maximum atomic E-state index is 13.4. The average Bonchev–Trinajstić information content (AvgIpc) is 3.32. The summed E-state index contributed by atoms with van der Waals surface area (Å²) in [7, 11) is 0. The molecule has 166 valence electrons. The zero-order valence-electron chi connectivity index (χ0n) is 17.8. The van der Waals surface area contributed by atoms with Gasteiger partial charge >= 0.3 is 0 Å². The van der Waals surface area contributed by atoms with Crippen molar-refractivity contribution in [3.63, 3.8) is 0 Å². The summed E-state index contributed by atoms with van der Waals surface area (Å²) < 4.78 is 15.3. The molecule has 0 atom stereocenters. The Labute approximate surface area is 194 Å². The number of carbonyl (C=O) groups is 2. The number of carbonyl (C=O) groups excluding carboxylic acids is 2. The minimum Gasteiger partial charge on any atom is -0.348 e. The normalized spacial score (nSPS) is 10.6. The van der Waals surface area contributed by atoms with Crippen LogP contribution in [0.1, 0.15) is 26.3 Å². The van der Waals surface area contributed by atoms with Gasteiger partial charge in [-0.3, -0.25) is 14.2 Å². The molecule has 0 aliphatic heterocycles. The number of nitrogens with one attached hydrogen (secondary N) is 2. The Morgan fingerprint density at radius 2 is 1.73 bits per heavy atom. The van der Waals surface area contributed by atoms with Crippen molar-refractivity contribution in [3.05, 3.63) is 108 Å². The Morgan fingerprint density at radius 1 is 0.970 bits per heavy atom. The van der Waals surface area contributed by atoms with Crippen LogP contribution in [0.15, 0.2) is 90.3 Å². The molecule has 0 aliphatic rings. The Kier molecular flexibility index (Phi) is 6.85. The van der Waals surface area contributed by atoms with Crippen molar-refractivity contribution in [2.75, 3.05) is 11.6 Å². The number of aromatic nitrogens is 2. The molecule has 6 nitrogen and oxygen atoms in total. The second kappa shape index (κ2) is 10.1. The van der Waals surface area contributed by atoms with Crippen molar-refractivity contribution in [1.29, 1.82) is 0 Å². The first-order valence-corrected chi connectivity index (χ1v) is 11.4. The zero-order valence-corrected chi connectivity index (χ0v) is 18.6. The highest BCUT2D eigenvalue weighted by Crippen LogP contribution is 2.19. The molecule has 0 saturated carbocycles. The Bertz CT molecular complexity index is 1300. The lowest BCUT2D eigenvalue weighted by Crippen LogP contribution is -2.23. The summed E-state index contributed by atoms with van der Waals surface area (Å²) in [6.07, 6.45) is 5.52. The molecular formula is C25H21FN4O2S. The number of halogens is 1. The van der Waals surface area contributed by atoms with Gasteiger partial charge in [-0.15, -0.1) is 0 Å². The molecule has 4 rings (SSSR count). The largest absolute Gasteiger partial charge is 0.348 e. The van der Waals surface area contributed by atoms with Crippen molar-refractivity contribution in [2.45, 2.75) is 11.7 Å². The number of amides is 2. The number of imidazole rings is 1. The van der Waals surface area contributed by atoms with Gasteiger partial charge in [0.05, 0.1) is 0 Å². The van der Waals surface area contributed by atoms with Crippen molar-refractivity contribution in [2.24, 2.45) is 0 Å². The third-order valence-electron chi connectivity index (χ3n) is 4.90. The molecule has 1 aromatic heterocycles. The van der Waals surface area contributed by atoms with E-state index in [1.165, 1.54) is 30.0 Å². The van der Waals surface area contributed by atoms with Crippen LogP contribution in [0.4, 0.5) is 10.1 Å². The summed E-state index contributed by atoms with van der Waals surface area (Å²) in [5.41, 5.74) is 2.99. The molecular weight excluding hydrogens is 439 g/mol. The number of anilines is 1. The lowest BCUT2D eigenvalue weighted by molar-refractivity contribution is 0.0950. The molecule has 0 radical (unpaired) electrons. The maximum absolute atomic E-state index is 13.4. The van der Waals surface area contributed by atoms with Crippen LogP contribution < -0.4 is 10.6 Å². The van der Waals surface area contributed by atoms with Crippen LogP contribution in [0.25, 0.3) is 5.69 Å². The second-order valence-corrected chi connectivity index (χ2v) is 7.96. The van der Waals surface area contributed by atoms with Crippen LogP contribution in [-0.4, -0.2) is 27.6 Å². The first-order valence-electron chi connectivity index (χ1n) is 10.2. The first-order chi connectivity index (χ1) is 16.0. The van der Waals surface area contributed by atoms with Gasteiger partial charge in [0, 0.05) is 41.4 Å². The predicted molar refractivity (Wildman–Crippen MR) is 127 cm³/mol. The summed E-state index contributed by atoms with van der Waals surface area (Å²) in [5.74, 6) is -1.09. The third-order valence-corrected chi connectivity index (χ3v) is 5.57. The fraction of sp³-hybridized carbons (Fsp3) is 0.0800. The molecule has 2 amide bonds. The lowest BCUT2D eigenvalue weighted by atomic mass is 10.1. The van der Waals surface area contributed by atoms with E-state index >= 15 is 0 Å².